The number of methoxy groups -OCH3 is 1. The third-order valence-corrected chi connectivity index (χ3v) is 6.50. The third kappa shape index (κ3) is 4.29. The fraction of sp³-hybridized carbons (Fsp3) is 0.375. The molecule has 1 aliphatic rings. The number of aliphatic hydroxyl groups is 1. The minimum Gasteiger partial charge on any atom is -0.495 e. The van der Waals surface area contributed by atoms with Crippen molar-refractivity contribution in [3.05, 3.63) is 52.2 Å². The van der Waals surface area contributed by atoms with Crippen LogP contribution in [-0.4, -0.2) is 42.1 Å². The molecule has 3 aromatic rings. The Labute approximate surface area is 192 Å². The smallest absolute Gasteiger partial charge is 0.159 e. The van der Waals surface area contributed by atoms with E-state index in [0.717, 1.165) is 53.8 Å². The summed E-state index contributed by atoms with van der Waals surface area (Å²) in [5, 5.41) is 30.3. The molecule has 0 atom stereocenters. The van der Waals surface area contributed by atoms with E-state index in [1.807, 2.05) is 24.3 Å². The summed E-state index contributed by atoms with van der Waals surface area (Å²) < 4.78 is 5.23. The van der Waals surface area contributed by atoms with Gasteiger partial charge in [-0.25, -0.2) is 0 Å². The number of fused-ring (bicyclic) bond motifs is 1. The summed E-state index contributed by atoms with van der Waals surface area (Å²) in [5.41, 5.74) is 9.11. The molecule has 32 heavy (non-hydrogen) atoms. The van der Waals surface area contributed by atoms with E-state index in [-0.39, 0.29) is 6.61 Å². The first kappa shape index (κ1) is 22.1. The van der Waals surface area contributed by atoms with Crippen molar-refractivity contribution in [1.82, 2.24) is 10.2 Å². The molecule has 0 radical (unpaired) electrons. The number of halogens is 1. The van der Waals surface area contributed by atoms with Crippen molar-refractivity contribution in [1.29, 1.82) is 5.26 Å². The van der Waals surface area contributed by atoms with Gasteiger partial charge in [0.2, 0.25) is 0 Å². The number of rotatable bonds is 6. The lowest BCUT2D eigenvalue weighted by Crippen LogP contribution is -2.35. The number of nitriles is 1. The number of ether oxygens (including phenoxy) is 1. The summed E-state index contributed by atoms with van der Waals surface area (Å²) in [6.45, 7) is 1.82. The molecule has 4 rings (SSSR count). The molecular formula is C24H26ClN5O2. The van der Waals surface area contributed by atoms with Crippen molar-refractivity contribution in [2.75, 3.05) is 37.4 Å². The van der Waals surface area contributed by atoms with Gasteiger partial charge in [0.25, 0.3) is 0 Å². The Balaban J connectivity index is 1.68. The van der Waals surface area contributed by atoms with Gasteiger partial charge >= 0.3 is 0 Å². The van der Waals surface area contributed by atoms with Crippen molar-refractivity contribution in [2.24, 2.45) is 5.92 Å². The molecule has 0 bridgehead atoms. The largest absolute Gasteiger partial charge is 0.495 e. The van der Waals surface area contributed by atoms with Crippen LogP contribution in [0.15, 0.2) is 30.3 Å². The maximum Gasteiger partial charge on any atom is 0.159 e. The van der Waals surface area contributed by atoms with Gasteiger partial charge in [-0.3, -0.25) is 0 Å². The molecule has 3 N–H and O–H groups in total. The fourth-order valence-electron chi connectivity index (χ4n) is 4.29. The van der Waals surface area contributed by atoms with Crippen LogP contribution in [0.25, 0.3) is 10.8 Å². The molecule has 7 nitrogen and oxygen atoms in total. The number of hydrogen-bond donors (Lipinski definition) is 2. The summed E-state index contributed by atoms with van der Waals surface area (Å²) in [6.07, 6.45) is 3.12. The molecule has 1 saturated heterocycles. The molecule has 1 fully saturated rings. The third-order valence-electron chi connectivity index (χ3n) is 6.20. The molecule has 0 unspecified atom stereocenters. The van der Waals surface area contributed by atoms with Crippen molar-refractivity contribution < 1.29 is 9.84 Å². The quantitative estimate of drug-likeness (QED) is 0.549. The van der Waals surface area contributed by atoms with Crippen molar-refractivity contribution in [3.8, 4) is 11.8 Å². The van der Waals surface area contributed by atoms with Crippen LogP contribution in [0.1, 0.15) is 29.7 Å². The van der Waals surface area contributed by atoms with E-state index in [2.05, 4.69) is 21.2 Å². The number of anilines is 2. The Kier molecular flexibility index (Phi) is 6.63. The molecule has 0 saturated carbocycles. The monoisotopic (exact) mass is 451 g/mol. The molecule has 2 aromatic carbocycles. The van der Waals surface area contributed by atoms with Crippen LogP contribution in [0.5, 0.6) is 5.75 Å². The molecular weight excluding hydrogens is 426 g/mol. The van der Waals surface area contributed by atoms with Gasteiger partial charge in [0.1, 0.15) is 11.8 Å². The summed E-state index contributed by atoms with van der Waals surface area (Å²) in [6, 6.07) is 11.6. The van der Waals surface area contributed by atoms with Gasteiger partial charge in [0, 0.05) is 30.5 Å². The Hall–Kier alpha value is -3.08. The van der Waals surface area contributed by atoms with Crippen LogP contribution in [-0.2, 0) is 12.8 Å². The molecule has 2 heterocycles. The predicted octanol–water partition coefficient (Wildman–Crippen LogP) is 3.74. The van der Waals surface area contributed by atoms with E-state index < -0.39 is 0 Å². The average molecular weight is 452 g/mol. The number of aromatic nitrogens is 2. The molecule has 0 aliphatic carbocycles. The first-order chi connectivity index (χ1) is 15.5. The minimum atomic E-state index is 0.215. The maximum atomic E-state index is 9.50. The normalized spacial score (nSPS) is 14.5. The van der Waals surface area contributed by atoms with Gasteiger partial charge in [-0.2, -0.15) is 10.4 Å². The number of benzene rings is 2. The molecule has 166 valence electrons. The summed E-state index contributed by atoms with van der Waals surface area (Å²) in [4.78, 5) is 2.19. The fourth-order valence-corrected chi connectivity index (χ4v) is 4.57. The number of piperidine rings is 1. The average Bonchev–Trinajstić information content (AvgIpc) is 2.83. The van der Waals surface area contributed by atoms with Gasteiger partial charge < -0.3 is 20.5 Å². The lowest BCUT2D eigenvalue weighted by atomic mass is 9.96. The van der Waals surface area contributed by atoms with E-state index in [4.69, 9.17) is 22.1 Å². The minimum absolute atomic E-state index is 0.215. The highest BCUT2D eigenvalue weighted by molar-refractivity contribution is 6.32. The van der Waals surface area contributed by atoms with Crippen LogP contribution in [0.2, 0.25) is 5.02 Å². The number of nitrogens with zero attached hydrogens (tertiary/aromatic N) is 4. The SMILES string of the molecule is COc1ccc(CCc2nnc(N3CCC(CO)CC3)c3ccc(C#N)c(N)c23)cc1Cl. The van der Waals surface area contributed by atoms with Crippen molar-refractivity contribution >= 4 is 33.9 Å². The number of aliphatic hydroxyl groups excluding tert-OH is 1. The molecule has 1 aromatic heterocycles. The number of nitrogen functional groups attached to an aromatic ring is 1. The summed E-state index contributed by atoms with van der Waals surface area (Å²) >= 11 is 6.27. The van der Waals surface area contributed by atoms with Gasteiger partial charge in [-0.15, -0.1) is 5.10 Å². The van der Waals surface area contributed by atoms with Gasteiger partial charge in [0.15, 0.2) is 5.82 Å². The second-order valence-electron chi connectivity index (χ2n) is 8.11. The number of hydrogen-bond acceptors (Lipinski definition) is 7. The van der Waals surface area contributed by atoms with Gasteiger partial charge in [0.05, 0.1) is 29.1 Å². The van der Waals surface area contributed by atoms with Crippen LogP contribution in [0.4, 0.5) is 11.5 Å². The summed E-state index contributed by atoms with van der Waals surface area (Å²) in [5.74, 6) is 1.75. The second-order valence-corrected chi connectivity index (χ2v) is 8.52. The Bertz CT molecular complexity index is 1170. The summed E-state index contributed by atoms with van der Waals surface area (Å²) in [7, 11) is 1.59. The lowest BCUT2D eigenvalue weighted by Gasteiger charge is -2.32. The second kappa shape index (κ2) is 9.60. The standard InChI is InChI=1S/C24H26ClN5O2/c1-32-21-7-3-15(12-19(21)25)2-6-20-22-18(5-4-17(13-26)23(22)27)24(29-28-20)30-10-8-16(14-31)9-11-30/h3-5,7,12,16,31H,2,6,8-11,14,27H2,1H3. The van der Waals surface area contributed by atoms with E-state index in [1.165, 1.54) is 0 Å². The first-order valence-electron chi connectivity index (χ1n) is 10.7. The van der Waals surface area contributed by atoms with E-state index in [0.29, 0.717) is 40.8 Å². The molecule has 0 spiro atoms. The zero-order valence-corrected chi connectivity index (χ0v) is 18.8. The highest BCUT2D eigenvalue weighted by atomic mass is 35.5. The van der Waals surface area contributed by atoms with Gasteiger partial charge in [-0.1, -0.05) is 17.7 Å². The first-order valence-corrected chi connectivity index (χ1v) is 11.1. The van der Waals surface area contributed by atoms with Crippen molar-refractivity contribution in [2.45, 2.75) is 25.7 Å². The van der Waals surface area contributed by atoms with E-state index in [9.17, 15) is 10.4 Å². The maximum absolute atomic E-state index is 9.50. The predicted molar refractivity (Wildman–Crippen MR) is 126 cm³/mol. The van der Waals surface area contributed by atoms with Crippen LogP contribution >= 0.6 is 11.6 Å². The molecule has 1 aliphatic heterocycles. The van der Waals surface area contributed by atoms with Crippen LogP contribution in [0, 0.1) is 17.2 Å². The van der Waals surface area contributed by atoms with Crippen LogP contribution in [0.3, 0.4) is 0 Å². The Morgan fingerprint density at radius 1 is 1.22 bits per heavy atom. The Morgan fingerprint density at radius 3 is 2.66 bits per heavy atom. The van der Waals surface area contributed by atoms with E-state index in [1.54, 1.807) is 13.2 Å². The number of nitrogens with two attached hydrogens (primary N) is 1. The zero-order valence-electron chi connectivity index (χ0n) is 18.0. The van der Waals surface area contributed by atoms with Crippen LogP contribution < -0.4 is 15.4 Å². The zero-order chi connectivity index (χ0) is 22.7. The lowest BCUT2D eigenvalue weighted by molar-refractivity contribution is 0.203. The van der Waals surface area contributed by atoms with Gasteiger partial charge in [-0.05, 0) is 61.4 Å². The number of aryl methyl sites for hydroxylation is 2. The van der Waals surface area contributed by atoms with E-state index >= 15 is 0 Å². The molecule has 0 amide bonds. The van der Waals surface area contributed by atoms with Crippen molar-refractivity contribution in [3.63, 3.8) is 0 Å². The highest BCUT2D eigenvalue weighted by Gasteiger charge is 2.23. The molecule has 8 heteroatoms. The topological polar surface area (TPSA) is 108 Å². The highest BCUT2D eigenvalue weighted by Crippen LogP contribution is 2.34. The Morgan fingerprint density at radius 2 is 2.00 bits per heavy atom.